The van der Waals surface area contributed by atoms with E-state index in [1.807, 2.05) is 6.92 Å². The normalized spacial score (nSPS) is 16.2. The molecular formula is C16H23FN2O2. The number of aromatic carboxylic acids is 1. The average molecular weight is 294 g/mol. The van der Waals surface area contributed by atoms with Crippen LogP contribution in [0, 0.1) is 12.7 Å². The Morgan fingerprint density at radius 2 is 1.95 bits per heavy atom. The molecule has 1 fully saturated rings. The van der Waals surface area contributed by atoms with E-state index in [4.69, 9.17) is 5.11 Å². The molecule has 0 atom stereocenters. The summed E-state index contributed by atoms with van der Waals surface area (Å²) in [6, 6.07) is 2.79. The molecule has 0 unspecified atom stereocenters. The van der Waals surface area contributed by atoms with Crippen molar-refractivity contribution < 1.29 is 14.3 Å². The molecule has 0 spiro atoms. The molecule has 1 N–H and O–H groups in total. The fraction of sp³-hybridized carbons (Fsp3) is 0.562. The number of hydrogen-bond donors (Lipinski definition) is 1. The van der Waals surface area contributed by atoms with Gasteiger partial charge in [-0.25, -0.2) is 9.18 Å². The molecule has 0 radical (unpaired) electrons. The minimum absolute atomic E-state index is 0.252. The monoisotopic (exact) mass is 294 g/mol. The van der Waals surface area contributed by atoms with E-state index >= 15 is 0 Å². The molecule has 0 aromatic heterocycles. The SMILES string of the molecule is CCCCN1CCN(c2cc(F)c(C(=O)O)cc2C)CC1. The molecule has 4 nitrogen and oxygen atoms in total. The molecule has 2 rings (SSSR count). The molecule has 1 aliphatic heterocycles. The van der Waals surface area contributed by atoms with Crippen LogP contribution in [-0.2, 0) is 0 Å². The Morgan fingerprint density at radius 1 is 1.29 bits per heavy atom. The van der Waals surface area contributed by atoms with Crippen LogP contribution < -0.4 is 4.90 Å². The maximum atomic E-state index is 13.9. The first-order valence-corrected chi connectivity index (χ1v) is 7.53. The van der Waals surface area contributed by atoms with Crippen LogP contribution in [0.4, 0.5) is 10.1 Å². The molecule has 0 saturated carbocycles. The Labute approximate surface area is 125 Å². The number of nitrogens with zero attached hydrogens (tertiary/aromatic N) is 2. The van der Waals surface area contributed by atoms with E-state index in [0.29, 0.717) is 0 Å². The molecule has 1 heterocycles. The first-order chi connectivity index (χ1) is 10.0. The standard InChI is InChI=1S/C16H23FN2O2/c1-3-4-5-18-6-8-19(9-7-18)15-11-14(17)13(16(20)21)10-12(15)2/h10-11H,3-9H2,1-2H3,(H,20,21). The van der Waals surface area contributed by atoms with Gasteiger partial charge in [0.15, 0.2) is 0 Å². The van der Waals surface area contributed by atoms with Crippen molar-refractivity contribution in [3.63, 3.8) is 0 Å². The largest absolute Gasteiger partial charge is 0.478 e. The second-order valence-corrected chi connectivity index (χ2v) is 5.61. The molecule has 21 heavy (non-hydrogen) atoms. The Hall–Kier alpha value is -1.62. The number of benzene rings is 1. The molecule has 1 aliphatic rings. The first-order valence-electron chi connectivity index (χ1n) is 7.53. The summed E-state index contributed by atoms with van der Waals surface area (Å²) in [7, 11) is 0. The molecule has 0 amide bonds. The van der Waals surface area contributed by atoms with Gasteiger partial charge in [-0.1, -0.05) is 13.3 Å². The van der Waals surface area contributed by atoms with E-state index in [1.165, 1.54) is 25.0 Å². The van der Waals surface area contributed by atoms with Crippen LogP contribution in [0.25, 0.3) is 0 Å². The Morgan fingerprint density at radius 3 is 2.52 bits per heavy atom. The first kappa shape index (κ1) is 15.8. The number of hydrogen-bond acceptors (Lipinski definition) is 3. The van der Waals surface area contributed by atoms with Gasteiger partial charge >= 0.3 is 5.97 Å². The molecule has 1 aromatic rings. The van der Waals surface area contributed by atoms with E-state index in [0.717, 1.165) is 44.0 Å². The summed E-state index contributed by atoms with van der Waals surface area (Å²) in [5.41, 5.74) is 1.38. The number of carboxylic acids is 1. The maximum absolute atomic E-state index is 13.9. The van der Waals surface area contributed by atoms with Gasteiger partial charge in [0.25, 0.3) is 0 Å². The van der Waals surface area contributed by atoms with Crippen LogP contribution >= 0.6 is 0 Å². The lowest BCUT2D eigenvalue weighted by molar-refractivity contribution is 0.0692. The van der Waals surface area contributed by atoms with E-state index in [1.54, 1.807) is 0 Å². The van der Waals surface area contributed by atoms with Crippen LogP contribution in [0.3, 0.4) is 0 Å². The highest BCUT2D eigenvalue weighted by Gasteiger charge is 2.20. The van der Waals surface area contributed by atoms with Gasteiger partial charge in [-0.15, -0.1) is 0 Å². The fourth-order valence-corrected chi connectivity index (χ4v) is 2.77. The number of piperazine rings is 1. The van der Waals surface area contributed by atoms with Gasteiger partial charge in [-0.3, -0.25) is 4.90 Å². The number of carbonyl (C=O) groups is 1. The molecule has 5 heteroatoms. The van der Waals surface area contributed by atoms with Crippen LogP contribution in [0.5, 0.6) is 0 Å². The Balaban J connectivity index is 2.07. The highest BCUT2D eigenvalue weighted by atomic mass is 19.1. The minimum Gasteiger partial charge on any atom is -0.478 e. The van der Waals surface area contributed by atoms with Gasteiger partial charge < -0.3 is 10.0 Å². The summed E-state index contributed by atoms with van der Waals surface area (Å²) in [6.07, 6.45) is 2.40. The zero-order valence-electron chi connectivity index (χ0n) is 12.7. The number of aryl methyl sites for hydroxylation is 1. The predicted molar refractivity (Wildman–Crippen MR) is 81.7 cm³/mol. The lowest BCUT2D eigenvalue weighted by Crippen LogP contribution is -2.46. The lowest BCUT2D eigenvalue weighted by Gasteiger charge is -2.36. The highest BCUT2D eigenvalue weighted by molar-refractivity contribution is 5.89. The van der Waals surface area contributed by atoms with E-state index < -0.39 is 11.8 Å². The van der Waals surface area contributed by atoms with Gasteiger partial charge in [0.1, 0.15) is 5.82 Å². The van der Waals surface area contributed by atoms with Crippen molar-refractivity contribution in [2.75, 3.05) is 37.6 Å². The number of halogens is 1. The van der Waals surface area contributed by atoms with Crippen molar-refractivity contribution in [1.82, 2.24) is 4.90 Å². The summed E-state index contributed by atoms with van der Waals surface area (Å²) >= 11 is 0. The maximum Gasteiger partial charge on any atom is 0.338 e. The third-order valence-electron chi connectivity index (χ3n) is 4.06. The van der Waals surface area contributed by atoms with Gasteiger partial charge in [0.2, 0.25) is 0 Å². The summed E-state index contributed by atoms with van der Waals surface area (Å²) < 4.78 is 13.9. The van der Waals surface area contributed by atoms with Gasteiger partial charge in [0.05, 0.1) is 5.56 Å². The van der Waals surface area contributed by atoms with E-state index in [-0.39, 0.29) is 5.56 Å². The topological polar surface area (TPSA) is 43.8 Å². The van der Waals surface area contributed by atoms with Crippen molar-refractivity contribution in [2.45, 2.75) is 26.7 Å². The van der Waals surface area contributed by atoms with Crippen molar-refractivity contribution in [3.8, 4) is 0 Å². The summed E-state index contributed by atoms with van der Waals surface area (Å²) in [4.78, 5) is 15.5. The van der Waals surface area contributed by atoms with Crippen LogP contribution in [0.1, 0.15) is 35.7 Å². The zero-order chi connectivity index (χ0) is 15.4. The summed E-state index contributed by atoms with van der Waals surface area (Å²) in [6.45, 7) is 8.81. The molecule has 0 aliphatic carbocycles. The number of unbranched alkanes of at least 4 members (excludes halogenated alkanes) is 1. The minimum atomic E-state index is -1.22. The molecule has 1 saturated heterocycles. The average Bonchev–Trinajstić information content (AvgIpc) is 2.47. The van der Waals surface area contributed by atoms with Gasteiger partial charge in [-0.05, 0) is 37.6 Å². The van der Waals surface area contributed by atoms with Gasteiger partial charge in [-0.2, -0.15) is 0 Å². The quantitative estimate of drug-likeness (QED) is 0.907. The van der Waals surface area contributed by atoms with E-state index in [2.05, 4.69) is 16.7 Å². The number of anilines is 1. The second kappa shape index (κ2) is 6.89. The smallest absolute Gasteiger partial charge is 0.338 e. The summed E-state index contributed by atoms with van der Waals surface area (Å²) in [5, 5.41) is 8.95. The third kappa shape index (κ3) is 3.73. The zero-order valence-corrected chi connectivity index (χ0v) is 12.7. The highest BCUT2D eigenvalue weighted by Crippen LogP contribution is 2.25. The molecular weight excluding hydrogens is 271 g/mol. The number of carboxylic acid groups (broad SMARTS) is 1. The van der Waals surface area contributed by atoms with Gasteiger partial charge in [0, 0.05) is 31.9 Å². The Bertz CT molecular complexity index is 511. The van der Waals surface area contributed by atoms with Crippen molar-refractivity contribution in [2.24, 2.45) is 0 Å². The Kier molecular flexibility index (Phi) is 5.17. The second-order valence-electron chi connectivity index (χ2n) is 5.61. The van der Waals surface area contributed by atoms with Crippen molar-refractivity contribution in [1.29, 1.82) is 0 Å². The molecule has 0 bridgehead atoms. The van der Waals surface area contributed by atoms with Crippen LogP contribution in [0.15, 0.2) is 12.1 Å². The van der Waals surface area contributed by atoms with Crippen LogP contribution in [-0.4, -0.2) is 48.7 Å². The lowest BCUT2D eigenvalue weighted by atomic mass is 10.1. The van der Waals surface area contributed by atoms with E-state index in [9.17, 15) is 9.18 Å². The van der Waals surface area contributed by atoms with Crippen LogP contribution in [0.2, 0.25) is 0 Å². The predicted octanol–water partition coefficient (Wildman–Crippen LogP) is 2.75. The molecule has 116 valence electrons. The number of rotatable bonds is 5. The third-order valence-corrected chi connectivity index (χ3v) is 4.06. The molecule has 1 aromatic carbocycles. The summed E-state index contributed by atoms with van der Waals surface area (Å²) in [5.74, 6) is -1.87. The fourth-order valence-electron chi connectivity index (χ4n) is 2.77. The van der Waals surface area contributed by atoms with Crippen molar-refractivity contribution >= 4 is 11.7 Å². The van der Waals surface area contributed by atoms with Crippen molar-refractivity contribution in [3.05, 3.63) is 29.1 Å².